The summed E-state index contributed by atoms with van der Waals surface area (Å²) in [6.07, 6.45) is 2.38. The second-order valence-electron chi connectivity index (χ2n) is 7.34. The van der Waals surface area contributed by atoms with Gasteiger partial charge in [-0.1, -0.05) is 12.1 Å². The van der Waals surface area contributed by atoms with Gasteiger partial charge < -0.3 is 15.1 Å². The Morgan fingerprint density at radius 3 is 2.15 bits per heavy atom. The molecule has 144 valence electrons. The molecule has 0 unspecified atom stereocenters. The van der Waals surface area contributed by atoms with E-state index in [1.807, 2.05) is 12.1 Å². The summed E-state index contributed by atoms with van der Waals surface area (Å²) in [6.45, 7) is 12.2. The number of piperazine rings is 1. The SMILES string of the molecule is O=[N+]([O-])c1ccc(CN2CCCN3CCN(CCCNCC2)CC3)cc1. The Bertz CT molecular complexity index is 555. The molecule has 0 aromatic heterocycles. The number of hydrogen-bond donors (Lipinski definition) is 1. The highest BCUT2D eigenvalue weighted by Crippen LogP contribution is 2.14. The standard InChI is InChI=1S/C19H31N5O2/c25-24(26)19-5-3-18(4-6-19)17-23-11-2-10-22-15-13-21(14-16-22)9-1-7-20-8-12-23/h3-6,20H,1-2,7-17H2. The van der Waals surface area contributed by atoms with E-state index in [1.165, 1.54) is 45.6 Å². The highest BCUT2D eigenvalue weighted by molar-refractivity contribution is 5.32. The van der Waals surface area contributed by atoms with Gasteiger partial charge in [0, 0.05) is 57.9 Å². The molecule has 1 aromatic rings. The molecule has 1 aromatic carbocycles. The van der Waals surface area contributed by atoms with Crippen molar-refractivity contribution in [1.82, 2.24) is 20.0 Å². The van der Waals surface area contributed by atoms with Crippen LogP contribution >= 0.6 is 0 Å². The van der Waals surface area contributed by atoms with Crippen LogP contribution in [-0.4, -0.2) is 85.1 Å². The summed E-state index contributed by atoms with van der Waals surface area (Å²) < 4.78 is 0. The highest BCUT2D eigenvalue weighted by Gasteiger charge is 2.17. The van der Waals surface area contributed by atoms with Crippen LogP contribution in [0.3, 0.4) is 0 Å². The van der Waals surface area contributed by atoms with E-state index in [0.29, 0.717) is 0 Å². The van der Waals surface area contributed by atoms with Crippen molar-refractivity contribution in [3.05, 3.63) is 39.9 Å². The van der Waals surface area contributed by atoms with Crippen molar-refractivity contribution < 1.29 is 4.92 Å². The summed E-state index contributed by atoms with van der Waals surface area (Å²) in [7, 11) is 0. The number of benzene rings is 1. The molecule has 0 spiro atoms. The normalized spacial score (nSPS) is 26.3. The molecule has 0 amide bonds. The summed E-state index contributed by atoms with van der Waals surface area (Å²) in [6, 6.07) is 6.99. The van der Waals surface area contributed by atoms with Crippen LogP contribution in [-0.2, 0) is 6.54 Å². The first-order valence-electron chi connectivity index (χ1n) is 9.82. The average Bonchev–Trinajstić information content (AvgIpc) is 2.65. The predicted octanol–water partition coefficient (Wildman–Crippen LogP) is 1.40. The molecule has 7 heteroatoms. The Kier molecular flexibility index (Phi) is 7.37. The van der Waals surface area contributed by atoms with Gasteiger partial charge in [0.15, 0.2) is 0 Å². The fourth-order valence-electron chi connectivity index (χ4n) is 3.80. The van der Waals surface area contributed by atoms with Gasteiger partial charge in [-0.25, -0.2) is 0 Å². The van der Waals surface area contributed by atoms with Crippen LogP contribution in [0.25, 0.3) is 0 Å². The van der Waals surface area contributed by atoms with Crippen LogP contribution in [0.2, 0.25) is 0 Å². The van der Waals surface area contributed by atoms with Gasteiger partial charge in [-0.3, -0.25) is 15.0 Å². The maximum Gasteiger partial charge on any atom is 0.269 e. The van der Waals surface area contributed by atoms with Crippen molar-refractivity contribution in [3.8, 4) is 0 Å². The highest BCUT2D eigenvalue weighted by atomic mass is 16.6. The van der Waals surface area contributed by atoms with Gasteiger partial charge in [-0.2, -0.15) is 0 Å². The predicted molar refractivity (Wildman–Crippen MR) is 103 cm³/mol. The molecule has 0 aliphatic carbocycles. The Morgan fingerprint density at radius 2 is 1.50 bits per heavy atom. The zero-order valence-electron chi connectivity index (χ0n) is 15.6. The summed E-state index contributed by atoms with van der Waals surface area (Å²) >= 11 is 0. The van der Waals surface area contributed by atoms with E-state index in [4.69, 9.17) is 0 Å². The van der Waals surface area contributed by atoms with Crippen LogP contribution in [0, 0.1) is 10.1 Å². The Labute approximate surface area is 156 Å². The molecule has 3 aliphatic rings. The van der Waals surface area contributed by atoms with E-state index in [0.717, 1.165) is 44.8 Å². The monoisotopic (exact) mass is 361 g/mol. The van der Waals surface area contributed by atoms with Gasteiger partial charge in [-0.05, 0) is 44.6 Å². The fraction of sp³-hybridized carbons (Fsp3) is 0.684. The van der Waals surface area contributed by atoms with Gasteiger partial charge >= 0.3 is 0 Å². The van der Waals surface area contributed by atoms with Gasteiger partial charge in [0.2, 0.25) is 0 Å². The quantitative estimate of drug-likeness (QED) is 0.648. The molecule has 3 aliphatic heterocycles. The third kappa shape index (κ3) is 6.02. The molecule has 0 saturated carbocycles. The molecule has 4 rings (SSSR count). The summed E-state index contributed by atoms with van der Waals surface area (Å²) in [4.78, 5) is 18.1. The average molecular weight is 361 g/mol. The maximum absolute atomic E-state index is 10.8. The smallest absolute Gasteiger partial charge is 0.269 e. The Hall–Kier alpha value is -1.54. The van der Waals surface area contributed by atoms with Gasteiger partial charge in [-0.15, -0.1) is 0 Å². The lowest BCUT2D eigenvalue weighted by atomic mass is 10.2. The van der Waals surface area contributed by atoms with Crippen LogP contribution in [0.4, 0.5) is 5.69 Å². The second-order valence-corrected chi connectivity index (χ2v) is 7.34. The first kappa shape index (κ1) is 19.2. The molecule has 0 radical (unpaired) electrons. The lowest BCUT2D eigenvalue weighted by Gasteiger charge is -2.35. The topological polar surface area (TPSA) is 64.9 Å². The van der Waals surface area contributed by atoms with E-state index in [2.05, 4.69) is 20.0 Å². The lowest BCUT2D eigenvalue weighted by molar-refractivity contribution is -0.384. The minimum absolute atomic E-state index is 0.163. The molecule has 1 N–H and O–H groups in total. The second kappa shape index (κ2) is 9.97. The molecule has 0 atom stereocenters. The number of nitrogens with zero attached hydrogens (tertiary/aromatic N) is 4. The van der Waals surface area contributed by atoms with Crippen molar-refractivity contribution in [2.45, 2.75) is 19.4 Å². The zero-order chi connectivity index (χ0) is 18.2. The minimum atomic E-state index is -0.338. The first-order valence-corrected chi connectivity index (χ1v) is 9.82. The van der Waals surface area contributed by atoms with Gasteiger partial charge in [0.1, 0.15) is 0 Å². The fourth-order valence-corrected chi connectivity index (χ4v) is 3.80. The molecule has 3 fully saturated rings. The molecule has 3 saturated heterocycles. The molecule has 7 nitrogen and oxygen atoms in total. The Balaban J connectivity index is 1.54. The van der Waals surface area contributed by atoms with Crippen LogP contribution in [0.1, 0.15) is 18.4 Å². The van der Waals surface area contributed by atoms with Crippen LogP contribution in [0.15, 0.2) is 24.3 Å². The minimum Gasteiger partial charge on any atom is -0.315 e. The van der Waals surface area contributed by atoms with Crippen LogP contribution in [0.5, 0.6) is 0 Å². The molecule has 26 heavy (non-hydrogen) atoms. The third-order valence-corrected chi connectivity index (χ3v) is 5.40. The number of nitro benzene ring substituents is 1. The van der Waals surface area contributed by atoms with E-state index in [1.54, 1.807) is 12.1 Å². The van der Waals surface area contributed by atoms with Crippen molar-refractivity contribution in [2.75, 3.05) is 65.4 Å². The molecule has 2 bridgehead atoms. The number of nitro groups is 1. The summed E-state index contributed by atoms with van der Waals surface area (Å²) in [5.74, 6) is 0. The number of nitrogens with one attached hydrogen (secondary N) is 1. The van der Waals surface area contributed by atoms with Crippen LogP contribution < -0.4 is 5.32 Å². The number of fused-ring (bicyclic) bond motifs is 11. The summed E-state index contributed by atoms with van der Waals surface area (Å²) in [5.41, 5.74) is 1.31. The number of non-ortho nitro benzene ring substituents is 1. The Morgan fingerprint density at radius 1 is 0.846 bits per heavy atom. The number of hydrogen-bond acceptors (Lipinski definition) is 6. The largest absolute Gasteiger partial charge is 0.315 e. The van der Waals surface area contributed by atoms with Gasteiger partial charge in [0.05, 0.1) is 4.92 Å². The van der Waals surface area contributed by atoms with E-state index >= 15 is 0 Å². The van der Waals surface area contributed by atoms with Crippen molar-refractivity contribution in [3.63, 3.8) is 0 Å². The van der Waals surface area contributed by atoms with E-state index < -0.39 is 0 Å². The molecular weight excluding hydrogens is 330 g/mol. The maximum atomic E-state index is 10.8. The lowest BCUT2D eigenvalue weighted by Crippen LogP contribution is -2.47. The summed E-state index contributed by atoms with van der Waals surface area (Å²) in [5, 5.41) is 14.4. The number of rotatable bonds is 3. The first-order chi connectivity index (χ1) is 12.7. The zero-order valence-corrected chi connectivity index (χ0v) is 15.6. The van der Waals surface area contributed by atoms with Crippen molar-refractivity contribution in [1.29, 1.82) is 0 Å². The molecule has 3 heterocycles. The third-order valence-electron chi connectivity index (χ3n) is 5.40. The van der Waals surface area contributed by atoms with Crippen molar-refractivity contribution >= 4 is 5.69 Å². The molecular formula is C19H31N5O2. The van der Waals surface area contributed by atoms with Gasteiger partial charge in [0.25, 0.3) is 5.69 Å². The van der Waals surface area contributed by atoms with E-state index in [-0.39, 0.29) is 10.6 Å². The van der Waals surface area contributed by atoms with E-state index in [9.17, 15) is 10.1 Å². The van der Waals surface area contributed by atoms with Crippen molar-refractivity contribution in [2.24, 2.45) is 0 Å².